The Bertz CT molecular complexity index is 1200. The normalized spacial score (nSPS) is 9.54. The number of hydrogen-bond acceptors (Lipinski definition) is 2. The molecule has 1 heterocycles. The van der Waals surface area contributed by atoms with Crippen molar-refractivity contribution < 1.29 is 0 Å². The van der Waals surface area contributed by atoms with Crippen LogP contribution in [-0.2, 0) is 6.54 Å². The molecule has 0 aliphatic rings. The van der Waals surface area contributed by atoms with E-state index in [0.29, 0.717) is 0 Å². The van der Waals surface area contributed by atoms with Gasteiger partial charge in [0.05, 0.1) is 0 Å². The van der Waals surface area contributed by atoms with Gasteiger partial charge < -0.3 is 14.4 Å². The maximum absolute atomic E-state index is 4.50. The van der Waals surface area contributed by atoms with Gasteiger partial charge in [-0.05, 0) is 63.1 Å². The van der Waals surface area contributed by atoms with Crippen LogP contribution >= 0.6 is 0 Å². The summed E-state index contributed by atoms with van der Waals surface area (Å²) in [7, 11) is 4.14. The van der Waals surface area contributed by atoms with Crippen LogP contribution in [0.5, 0.6) is 0 Å². The zero-order chi connectivity index (χ0) is 30.3. The zero-order valence-corrected chi connectivity index (χ0v) is 27.1. The molecule has 3 nitrogen and oxygen atoms in total. The predicted molar refractivity (Wildman–Crippen MR) is 179 cm³/mol. The molecule has 0 atom stereocenters. The molecular weight excluding hydrogens is 474 g/mol. The highest BCUT2D eigenvalue weighted by Gasteiger charge is 2.21. The Morgan fingerprint density at radius 1 is 0.872 bits per heavy atom. The molecule has 0 saturated carbocycles. The summed E-state index contributed by atoms with van der Waals surface area (Å²) in [6.45, 7) is 34.2. The van der Waals surface area contributed by atoms with Crippen LogP contribution in [0.3, 0.4) is 0 Å². The van der Waals surface area contributed by atoms with Gasteiger partial charge in [-0.25, -0.2) is 0 Å². The molecule has 3 aromatic rings. The molecular formula is C36H55N3. The van der Waals surface area contributed by atoms with E-state index < -0.39 is 0 Å². The number of anilines is 1. The molecule has 0 spiro atoms. The Kier molecular flexibility index (Phi) is 16.3. The van der Waals surface area contributed by atoms with Gasteiger partial charge in [-0.3, -0.25) is 0 Å². The smallest absolute Gasteiger partial charge is 0.0458 e. The van der Waals surface area contributed by atoms with Gasteiger partial charge in [0.15, 0.2) is 0 Å². The fourth-order valence-electron chi connectivity index (χ4n) is 4.22. The van der Waals surface area contributed by atoms with Crippen molar-refractivity contribution in [2.45, 2.75) is 82.2 Å². The maximum Gasteiger partial charge on any atom is 0.0458 e. The zero-order valence-electron chi connectivity index (χ0n) is 27.1. The first-order valence-electron chi connectivity index (χ1n) is 14.4. The summed E-state index contributed by atoms with van der Waals surface area (Å²) in [5.41, 5.74) is 11.3. The van der Waals surface area contributed by atoms with E-state index in [4.69, 9.17) is 0 Å². The Morgan fingerprint density at radius 3 is 1.95 bits per heavy atom. The SMILES string of the molecule is C=Cc1c(C(=C)N(C)c2cccc(CN(C)C(=C)C)c2)c(C)n(-c2cccc(C)c2)c1C.CC.CC.CCC. The molecule has 0 aliphatic heterocycles. The summed E-state index contributed by atoms with van der Waals surface area (Å²) in [5.74, 6) is 0. The van der Waals surface area contributed by atoms with Crippen molar-refractivity contribution in [2.75, 3.05) is 19.0 Å². The molecule has 0 unspecified atom stereocenters. The highest BCUT2D eigenvalue weighted by molar-refractivity contribution is 5.84. The first-order chi connectivity index (χ1) is 18.6. The molecule has 1 aromatic heterocycles. The van der Waals surface area contributed by atoms with Gasteiger partial charge >= 0.3 is 0 Å². The predicted octanol–water partition coefficient (Wildman–Crippen LogP) is 10.6. The molecule has 3 heteroatoms. The average molecular weight is 530 g/mol. The lowest BCUT2D eigenvalue weighted by Gasteiger charge is -2.25. The van der Waals surface area contributed by atoms with E-state index in [1.54, 1.807) is 0 Å². The number of hydrogen-bond donors (Lipinski definition) is 0. The van der Waals surface area contributed by atoms with Crippen LogP contribution in [0.4, 0.5) is 5.69 Å². The summed E-state index contributed by atoms with van der Waals surface area (Å²) in [5, 5.41) is 0. The quantitative estimate of drug-likeness (QED) is 0.287. The van der Waals surface area contributed by atoms with Gasteiger partial charge in [0.25, 0.3) is 0 Å². The van der Waals surface area contributed by atoms with E-state index in [2.05, 4.69) is 131 Å². The number of nitrogens with zero attached hydrogens (tertiary/aromatic N) is 3. The van der Waals surface area contributed by atoms with Crippen LogP contribution < -0.4 is 4.90 Å². The van der Waals surface area contributed by atoms with Crippen LogP contribution in [0.15, 0.2) is 74.0 Å². The highest BCUT2D eigenvalue weighted by atomic mass is 15.1. The lowest BCUT2D eigenvalue weighted by molar-refractivity contribution is 0.414. The van der Waals surface area contributed by atoms with Crippen molar-refractivity contribution in [3.63, 3.8) is 0 Å². The third kappa shape index (κ3) is 9.35. The van der Waals surface area contributed by atoms with Gasteiger partial charge in [0.2, 0.25) is 0 Å². The summed E-state index contributed by atoms with van der Waals surface area (Å²) >= 11 is 0. The number of aromatic nitrogens is 1. The third-order valence-corrected chi connectivity index (χ3v) is 6.22. The molecule has 0 amide bonds. The first kappa shape index (κ1) is 35.5. The summed E-state index contributed by atoms with van der Waals surface area (Å²) in [4.78, 5) is 4.32. The molecule has 0 bridgehead atoms. The molecule has 3 rings (SSSR count). The number of aryl methyl sites for hydroxylation is 1. The molecule has 0 fully saturated rings. The minimum absolute atomic E-state index is 0.823. The fraction of sp³-hybridized carbons (Fsp3) is 0.389. The van der Waals surface area contributed by atoms with Crippen LogP contribution in [0.2, 0.25) is 0 Å². The van der Waals surface area contributed by atoms with Gasteiger partial charge in [0, 0.05) is 65.9 Å². The Morgan fingerprint density at radius 2 is 1.44 bits per heavy atom. The van der Waals surface area contributed by atoms with Crippen LogP contribution in [-0.4, -0.2) is 23.6 Å². The van der Waals surface area contributed by atoms with Crippen molar-refractivity contribution in [1.82, 2.24) is 9.47 Å². The lowest BCUT2D eigenvalue weighted by atomic mass is 10.0. The van der Waals surface area contributed by atoms with E-state index in [9.17, 15) is 0 Å². The van der Waals surface area contributed by atoms with Gasteiger partial charge in [-0.1, -0.05) is 98.0 Å². The summed E-state index contributed by atoms with van der Waals surface area (Å²) in [6, 6.07) is 17.2. The summed E-state index contributed by atoms with van der Waals surface area (Å²) in [6.07, 6.45) is 3.20. The molecule has 0 saturated heterocycles. The Labute approximate surface area is 241 Å². The first-order valence-corrected chi connectivity index (χ1v) is 14.4. The standard InChI is InChI=1S/C29H35N3.C3H8.2C2H6/c1-10-28-22(5)32(27-16-11-13-21(4)17-27)24(7)29(28)23(6)31(9)26-15-12-14-25(18-26)19-30(8)20(2)3;1-3-2;2*1-2/h10-18H,1-2,6,19H2,3-5,7-9H3;3H2,1-2H3;2*1-2H3. The van der Waals surface area contributed by atoms with Crippen LogP contribution in [0.1, 0.15) is 88.5 Å². The third-order valence-electron chi connectivity index (χ3n) is 6.22. The van der Waals surface area contributed by atoms with Gasteiger partial charge in [-0.15, -0.1) is 0 Å². The van der Waals surface area contributed by atoms with E-state index >= 15 is 0 Å². The fourth-order valence-corrected chi connectivity index (χ4v) is 4.22. The number of allylic oxidation sites excluding steroid dienone is 1. The molecule has 0 N–H and O–H groups in total. The van der Waals surface area contributed by atoms with Crippen molar-refractivity contribution in [3.05, 3.63) is 108 Å². The second-order valence-corrected chi connectivity index (χ2v) is 9.31. The number of rotatable bonds is 8. The molecule has 0 radical (unpaired) electrons. The maximum atomic E-state index is 4.50. The largest absolute Gasteiger partial charge is 0.374 e. The van der Waals surface area contributed by atoms with Crippen molar-refractivity contribution in [1.29, 1.82) is 0 Å². The Balaban J connectivity index is 0.00000189. The monoisotopic (exact) mass is 529 g/mol. The second-order valence-electron chi connectivity index (χ2n) is 9.31. The van der Waals surface area contributed by atoms with Crippen LogP contribution in [0, 0.1) is 20.8 Å². The average Bonchev–Trinajstić information content (AvgIpc) is 3.19. The van der Waals surface area contributed by atoms with Gasteiger partial charge in [0.1, 0.15) is 0 Å². The van der Waals surface area contributed by atoms with E-state index in [1.807, 2.05) is 40.7 Å². The lowest BCUT2D eigenvalue weighted by Crippen LogP contribution is -2.17. The highest BCUT2D eigenvalue weighted by Crippen LogP contribution is 2.35. The minimum Gasteiger partial charge on any atom is -0.374 e. The Hall–Kier alpha value is -3.46. The van der Waals surface area contributed by atoms with E-state index in [-0.39, 0.29) is 0 Å². The van der Waals surface area contributed by atoms with E-state index in [1.165, 1.54) is 23.2 Å². The van der Waals surface area contributed by atoms with Crippen molar-refractivity contribution in [2.24, 2.45) is 0 Å². The van der Waals surface area contributed by atoms with Crippen LogP contribution in [0.25, 0.3) is 17.5 Å². The van der Waals surface area contributed by atoms with Crippen molar-refractivity contribution >= 4 is 17.5 Å². The summed E-state index contributed by atoms with van der Waals surface area (Å²) < 4.78 is 2.30. The topological polar surface area (TPSA) is 11.4 Å². The molecule has 39 heavy (non-hydrogen) atoms. The van der Waals surface area contributed by atoms with Gasteiger partial charge in [-0.2, -0.15) is 0 Å². The van der Waals surface area contributed by atoms with Crippen molar-refractivity contribution in [3.8, 4) is 5.69 Å². The second kappa shape index (κ2) is 17.9. The molecule has 2 aromatic carbocycles. The van der Waals surface area contributed by atoms with E-state index in [0.717, 1.165) is 46.1 Å². The minimum atomic E-state index is 0.823. The number of benzene rings is 2. The molecule has 214 valence electrons. The molecule has 0 aliphatic carbocycles.